The van der Waals surface area contributed by atoms with Crippen LogP contribution >= 0.6 is 11.8 Å². The first kappa shape index (κ1) is 12.0. The highest BCUT2D eigenvalue weighted by Crippen LogP contribution is 2.14. The second-order valence-corrected chi connectivity index (χ2v) is 5.14. The van der Waals surface area contributed by atoms with E-state index in [0.717, 1.165) is 24.2 Å². The number of allylic oxidation sites excluding steroid dienone is 1. The Balaban J connectivity index is 3.33. The smallest absolute Gasteiger partial charge is 0.0633 e. The molecule has 0 bridgehead atoms. The van der Waals surface area contributed by atoms with Crippen molar-refractivity contribution in [1.29, 1.82) is 0 Å². The van der Waals surface area contributed by atoms with Gasteiger partial charge in [0.25, 0.3) is 0 Å². The molecule has 0 rings (SSSR count). The summed E-state index contributed by atoms with van der Waals surface area (Å²) in [5, 5.41) is 10.1. The maximum Gasteiger partial charge on any atom is 0.0633 e. The molecule has 0 aromatic heterocycles. The molecule has 1 atom stereocenters. The van der Waals surface area contributed by atoms with E-state index in [1.54, 1.807) is 0 Å². The van der Waals surface area contributed by atoms with Gasteiger partial charge in [0.05, 0.1) is 6.10 Å². The lowest BCUT2D eigenvalue weighted by Gasteiger charge is -2.11. The Morgan fingerprint density at radius 3 is 2.50 bits per heavy atom. The molecule has 0 aliphatic rings. The van der Waals surface area contributed by atoms with Crippen molar-refractivity contribution in [3.63, 3.8) is 0 Å². The van der Waals surface area contributed by atoms with E-state index in [0.29, 0.717) is 5.25 Å². The minimum absolute atomic E-state index is 0.158. The highest BCUT2D eigenvalue weighted by molar-refractivity contribution is 7.99. The van der Waals surface area contributed by atoms with Crippen LogP contribution in [0.2, 0.25) is 0 Å². The molecule has 0 aromatic rings. The van der Waals surface area contributed by atoms with E-state index in [4.69, 9.17) is 0 Å². The molecule has 0 aromatic carbocycles. The minimum Gasteiger partial charge on any atom is -0.392 e. The molecule has 12 heavy (non-hydrogen) atoms. The van der Waals surface area contributed by atoms with Crippen LogP contribution in [0.15, 0.2) is 12.2 Å². The molecular formula is C10H20OS. The van der Waals surface area contributed by atoms with Crippen LogP contribution in [0.5, 0.6) is 0 Å². The van der Waals surface area contributed by atoms with Crippen LogP contribution in [0, 0.1) is 0 Å². The summed E-state index contributed by atoms with van der Waals surface area (Å²) in [6, 6.07) is 0. The lowest BCUT2D eigenvalue weighted by Crippen LogP contribution is -2.11. The number of hydrogen-bond acceptors (Lipinski definition) is 2. The molecule has 0 saturated carbocycles. The summed E-state index contributed by atoms with van der Waals surface area (Å²) in [6.07, 6.45) is 1.64. The van der Waals surface area contributed by atoms with Gasteiger partial charge in [-0.1, -0.05) is 19.4 Å². The van der Waals surface area contributed by atoms with Gasteiger partial charge in [-0.2, -0.15) is 11.8 Å². The second kappa shape index (κ2) is 6.55. The number of thioether (sulfide) groups is 1. The zero-order valence-corrected chi connectivity index (χ0v) is 9.16. The lowest BCUT2D eigenvalue weighted by molar-refractivity contribution is 0.189. The average molecular weight is 188 g/mol. The minimum atomic E-state index is -0.158. The predicted molar refractivity (Wildman–Crippen MR) is 57.6 cm³/mol. The second-order valence-electron chi connectivity index (χ2n) is 3.53. The average Bonchev–Trinajstić information content (AvgIpc) is 1.96. The fourth-order valence-electron chi connectivity index (χ4n) is 0.800. The van der Waals surface area contributed by atoms with E-state index in [1.807, 2.05) is 18.7 Å². The van der Waals surface area contributed by atoms with Gasteiger partial charge in [-0.15, -0.1) is 6.58 Å². The van der Waals surface area contributed by atoms with Crippen molar-refractivity contribution in [2.24, 2.45) is 0 Å². The van der Waals surface area contributed by atoms with Crippen LogP contribution in [-0.2, 0) is 0 Å². The highest BCUT2D eigenvalue weighted by atomic mass is 32.2. The molecule has 0 spiro atoms. The Kier molecular flexibility index (Phi) is 6.58. The van der Waals surface area contributed by atoms with Crippen LogP contribution in [-0.4, -0.2) is 22.2 Å². The molecule has 0 aliphatic carbocycles. The first-order chi connectivity index (χ1) is 5.52. The van der Waals surface area contributed by atoms with Crippen LogP contribution < -0.4 is 0 Å². The van der Waals surface area contributed by atoms with Gasteiger partial charge in [-0.05, 0) is 25.0 Å². The third-order valence-electron chi connectivity index (χ3n) is 1.53. The van der Waals surface area contributed by atoms with Crippen LogP contribution in [0.1, 0.15) is 33.6 Å². The van der Waals surface area contributed by atoms with Crippen molar-refractivity contribution < 1.29 is 5.11 Å². The molecule has 1 N–H and O–H groups in total. The van der Waals surface area contributed by atoms with Gasteiger partial charge in [0.2, 0.25) is 0 Å². The third-order valence-corrected chi connectivity index (χ3v) is 2.77. The SMILES string of the molecule is C=C(C)CCC(O)CSC(C)C. The van der Waals surface area contributed by atoms with Crippen molar-refractivity contribution >= 4 is 11.8 Å². The number of aliphatic hydroxyl groups is 1. The van der Waals surface area contributed by atoms with Gasteiger partial charge < -0.3 is 5.11 Å². The fraction of sp³-hybridized carbons (Fsp3) is 0.800. The van der Waals surface area contributed by atoms with Crippen LogP contribution in [0.25, 0.3) is 0 Å². The number of aliphatic hydroxyl groups excluding tert-OH is 1. The molecule has 0 amide bonds. The van der Waals surface area contributed by atoms with Crippen LogP contribution in [0.3, 0.4) is 0 Å². The fourth-order valence-corrected chi connectivity index (χ4v) is 1.57. The van der Waals surface area contributed by atoms with Crippen LogP contribution in [0.4, 0.5) is 0 Å². The highest BCUT2D eigenvalue weighted by Gasteiger charge is 2.05. The summed E-state index contributed by atoms with van der Waals surface area (Å²) in [5.41, 5.74) is 1.16. The normalized spacial score (nSPS) is 13.4. The number of rotatable bonds is 6. The van der Waals surface area contributed by atoms with E-state index >= 15 is 0 Å². The van der Waals surface area contributed by atoms with Gasteiger partial charge >= 0.3 is 0 Å². The molecule has 0 saturated heterocycles. The van der Waals surface area contributed by atoms with E-state index in [2.05, 4.69) is 20.4 Å². The first-order valence-electron chi connectivity index (χ1n) is 4.46. The zero-order valence-electron chi connectivity index (χ0n) is 8.34. The summed E-state index contributed by atoms with van der Waals surface area (Å²) >= 11 is 1.81. The maximum absolute atomic E-state index is 9.48. The predicted octanol–water partition coefficient (Wildman–Crippen LogP) is 2.85. The van der Waals surface area contributed by atoms with Gasteiger partial charge in [0.15, 0.2) is 0 Å². The zero-order chi connectivity index (χ0) is 9.56. The molecule has 1 unspecified atom stereocenters. The molecule has 0 heterocycles. The Labute approximate surface area is 80.3 Å². The Bertz CT molecular complexity index is 132. The monoisotopic (exact) mass is 188 g/mol. The Morgan fingerprint density at radius 1 is 1.50 bits per heavy atom. The van der Waals surface area contributed by atoms with E-state index in [1.165, 1.54) is 0 Å². The van der Waals surface area contributed by atoms with Crippen molar-refractivity contribution in [3.05, 3.63) is 12.2 Å². The lowest BCUT2D eigenvalue weighted by atomic mass is 10.1. The van der Waals surface area contributed by atoms with Crippen molar-refractivity contribution in [2.45, 2.75) is 45.0 Å². The molecular weight excluding hydrogens is 168 g/mol. The molecule has 2 heteroatoms. The van der Waals surface area contributed by atoms with Crippen molar-refractivity contribution in [2.75, 3.05) is 5.75 Å². The van der Waals surface area contributed by atoms with Crippen molar-refractivity contribution in [1.82, 2.24) is 0 Å². The summed E-state index contributed by atoms with van der Waals surface area (Å²) in [7, 11) is 0. The third kappa shape index (κ3) is 8.15. The first-order valence-corrected chi connectivity index (χ1v) is 5.51. The summed E-state index contributed by atoms with van der Waals surface area (Å²) < 4.78 is 0. The summed E-state index contributed by atoms with van der Waals surface area (Å²) in [5.74, 6) is 0.852. The number of hydrogen-bond donors (Lipinski definition) is 1. The molecule has 0 aliphatic heterocycles. The topological polar surface area (TPSA) is 20.2 Å². The quantitative estimate of drug-likeness (QED) is 0.647. The molecule has 1 nitrogen and oxygen atoms in total. The van der Waals surface area contributed by atoms with Gasteiger partial charge in [0, 0.05) is 5.75 Å². The summed E-state index contributed by atoms with van der Waals surface area (Å²) in [4.78, 5) is 0. The van der Waals surface area contributed by atoms with Gasteiger partial charge in [-0.3, -0.25) is 0 Å². The molecule has 0 radical (unpaired) electrons. The summed E-state index contributed by atoms with van der Waals surface area (Å²) in [6.45, 7) is 10.1. The maximum atomic E-state index is 9.48. The van der Waals surface area contributed by atoms with E-state index < -0.39 is 0 Å². The molecule has 0 fully saturated rings. The Morgan fingerprint density at radius 2 is 2.08 bits per heavy atom. The Hall–Kier alpha value is 0.0500. The van der Waals surface area contributed by atoms with Gasteiger partial charge in [-0.25, -0.2) is 0 Å². The van der Waals surface area contributed by atoms with Crippen molar-refractivity contribution in [3.8, 4) is 0 Å². The van der Waals surface area contributed by atoms with E-state index in [-0.39, 0.29) is 6.10 Å². The largest absolute Gasteiger partial charge is 0.392 e. The van der Waals surface area contributed by atoms with E-state index in [9.17, 15) is 5.11 Å². The standard InChI is InChI=1S/C10H20OS/c1-8(2)5-6-10(11)7-12-9(3)4/h9-11H,1,5-7H2,2-4H3. The molecule has 72 valence electrons. The van der Waals surface area contributed by atoms with Gasteiger partial charge in [0.1, 0.15) is 0 Å².